The first-order chi connectivity index (χ1) is 14.1. The molecule has 3 rings (SSSR count). The predicted octanol–water partition coefficient (Wildman–Crippen LogP) is 5.58. The molecule has 1 N–H and O–H groups in total. The molecule has 0 fully saturated rings. The molecule has 4 heteroatoms. The van der Waals surface area contributed by atoms with Gasteiger partial charge in [-0.1, -0.05) is 62.4 Å². The van der Waals surface area contributed by atoms with Crippen molar-refractivity contribution >= 4 is 16.7 Å². The molecule has 0 spiro atoms. The topological polar surface area (TPSA) is 47.6 Å². The molecule has 0 aliphatic rings. The standard InChI is InChI=1S/C25H29NO3/c1-5-21(19-14-15-23(28-4)17(3)16-19)26-25(27)22(6-2)29-24-13-9-11-18-10-7-8-12-20(18)24/h7-16,21-22H,5-6H2,1-4H3,(H,26,27)/t21-,22+/m1/s1. The van der Waals surface area contributed by atoms with Crippen molar-refractivity contribution in [1.82, 2.24) is 5.32 Å². The van der Waals surface area contributed by atoms with Gasteiger partial charge >= 0.3 is 0 Å². The van der Waals surface area contributed by atoms with Gasteiger partial charge in [0.25, 0.3) is 5.91 Å². The summed E-state index contributed by atoms with van der Waals surface area (Å²) in [5, 5.41) is 5.27. The maximum Gasteiger partial charge on any atom is 0.261 e. The molecule has 0 unspecified atom stereocenters. The predicted molar refractivity (Wildman–Crippen MR) is 118 cm³/mol. The van der Waals surface area contributed by atoms with Crippen molar-refractivity contribution in [2.45, 2.75) is 45.8 Å². The Morgan fingerprint density at radius 1 is 0.966 bits per heavy atom. The molecule has 1 amide bonds. The van der Waals surface area contributed by atoms with E-state index in [0.29, 0.717) is 6.42 Å². The molecule has 152 valence electrons. The Morgan fingerprint density at radius 2 is 1.72 bits per heavy atom. The monoisotopic (exact) mass is 391 g/mol. The van der Waals surface area contributed by atoms with Gasteiger partial charge in [-0.2, -0.15) is 0 Å². The summed E-state index contributed by atoms with van der Waals surface area (Å²) in [6, 6.07) is 19.9. The Morgan fingerprint density at radius 3 is 2.41 bits per heavy atom. The minimum absolute atomic E-state index is 0.0720. The highest BCUT2D eigenvalue weighted by Gasteiger charge is 2.23. The number of rotatable bonds is 8. The third-order valence-corrected chi connectivity index (χ3v) is 5.23. The van der Waals surface area contributed by atoms with Gasteiger partial charge in [-0.15, -0.1) is 0 Å². The van der Waals surface area contributed by atoms with Gasteiger partial charge < -0.3 is 14.8 Å². The minimum Gasteiger partial charge on any atom is -0.496 e. The minimum atomic E-state index is -0.547. The van der Waals surface area contributed by atoms with E-state index < -0.39 is 6.10 Å². The number of hydrogen-bond donors (Lipinski definition) is 1. The number of amides is 1. The number of nitrogens with one attached hydrogen (secondary N) is 1. The number of carbonyl (C=O) groups is 1. The van der Waals surface area contributed by atoms with Gasteiger partial charge in [-0.05, 0) is 48.4 Å². The molecule has 0 aliphatic heterocycles. The molecular formula is C25H29NO3. The van der Waals surface area contributed by atoms with Gasteiger partial charge in [0.1, 0.15) is 11.5 Å². The van der Waals surface area contributed by atoms with Gasteiger partial charge in [0.05, 0.1) is 13.2 Å². The fraction of sp³-hybridized carbons (Fsp3) is 0.320. The second-order valence-corrected chi connectivity index (χ2v) is 7.19. The zero-order chi connectivity index (χ0) is 20.8. The quantitative estimate of drug-likeness (QED) is 0.545. The molecule has 3 aromatic rings. The summed E-state index contributed by atoms with van der Waals surface area (Å²) in [4.78, 5) is 13.0. The van der Waals surface area contributed by atoms with Crippen LogP contribution in [0, 0.1) is 6.92 Å². The highest BCUT2D eigenvalue weighted by molar-refractivity contribution is 5.89. The molecule has 0 aliphatic carbocycles. The third kappa shape index (κ3) is 4.70. The van der Waals surface area contributed by atoms with Crippen molar-refractivity contribution in [3.05, 3.63) is 71.8 Å². The number of hydrogen-bond acceptors (Lipinski definition) is 3. The molecule has 3 aromatic carbocycles. The van der Waals surface area contributed by atoms with E-state index in [4.69, 9.17) is 9.47 Å². The summed E-state index contributed by atoms with van der Waals surface area (Å²) in [5.74, 6) is 1.49. The molecular weight excluding hydrogens is 362 g/mol. The van der Waals surface area contributed by atoms with Crippen molar-refractivity contribution in [3.8, 4) is 11.5 Å². The molecule has 4 nitrogen and oxygen atoms in total. The Bertz CT molecular complexity index is 977. The normalized spacial score (nSPS) is 13.0. The van der Waals surface area contributed by atoms with Crippen LogP contribution in [0.25, 0.3) is 10.8 Å². The summed E-state index contributed by atoms with van der Waals surface area (Å²) >= 11 is 0. The lowest BCUT2D eigenvalue weighted by atomic mass is 10.0. The summed E-state index contributed by atoms with van der Waals surface area (Å²) in [5.41, 5.74) is 2.12. The van der Waals surface area contributed by atoms with E-state index in [1.54, 1.807) is 7.11 Å². The van der Waals surface area contributed by atoms with Gasteiger partial charge in [0, 0.05) is 5.39 Å². The summed E-state index contributed by atoms with van der Waals surface area (Å²) in [7, 11) is 1.66. The average Bonchev–Trinajstić information content (AvgIpc) is 2.75. The first-order valence-electron chi connectivity index (χ1n) is 10.2. The van der Waals surface area contributed by atoms with Gasteiger partial charge in [-0.25, -0.2) is 0 Å². The lowest BCUT2D eigenvalue weighted by Crippen LogP contribution is -2.40. The first kappa shape index (κ1) is 20.7. The van der Waals surface area contributed by atoms with Gasteiger partial charge in [-0.3, -0.25) is 4.79 Å². The van der Waals surface area contributed by atoms with E-state index in [9.17, 15) is 4.79 Å². The molecule has 0 bridgehead atoms. The van der Waals surface area contributed by atoms with Crippen LogP contribution in [0.3, 0.4) is 0 Å². The van der Waals surface area contributed by atoms with Crippen LogP contribution in [0.5, 0.6) is 11.5 Å². The second-order valence-electron chi connectivity index (χ2n) is 7.19. The van der Waals surface area contributed by atoms with Crippen molar-refractivity contribution in [1.29, 1.82) is 0 Å². The fourth-order valence-corrected chi connectivity index (χ4v) is 3.58. The van der Waals surface area contributed by atoms with Gasteiger partial charge in [0.15, 0.2) is 6.10 Å². The Kier molecular flexibility index (Phi) is 6.76. The maximum absolute atomic E-state index is 13.0. The number of aryl methyl sites for hydroxylation is 1. The molecule has 0 saturated heterocycles. The molecule has 0 radical (unpaired) electrons. The van der Waals surface area contributed by atoms with Crippen molar-refractivity contribution in [3.63, 3.8) is 0 Å². The van der Waals surface area contributed by atoms with Crippen molar-refractivity contribution in [2.24, 2.45) is 0 Å². The molecule has 0 heterocycles. The van der Waals surface area contributed by atoms with E-state index in [2.05, 4.69) is 18.3 Å². The van der Waals surface area contributed by atoms with E-state index in [1.165, 1.54) is 0 Å². The van der Waals surface area contributed by atoms with Crippen LogP contribution in [-0.4, -0.2) is 19.1 Å². The molecule has 0 saturated carbocycles. The maximum atomic E-state index is 13.0. The van der Waals surface area contributed by atoms with Crippen molar-refractivity contribution < 1.29 is 14.3 Å². The van der Waals surface area contributed by atoms with Crippen LogP contribution in [0.15, 0.2) is 60.7 Å². The number of carbonyl (C=O) groups excluding carboxylic acids is 1. The van der Waals surface area contributed by atoms with E-state index in [1.807, 2.05) is 68.4 Å². The number of benzene rings is 3. The first-order valence-corrected chi connectivity index (χ1v) is 10.2. The Balaban J connectivity index is 1.77. The van der Waals surface area contributed by atoms with Crippen LogP contribution >= 0.6 is 0 Å². The SMILES string of the molecule is CC[C@H](Oc1cccc2ccccc12)C(=O)N[C@H](CC)c1ccc(OC)c(C)c1. The van der Waals surface area contributed by atoms with Crippen LogP contribution in [0.2, 0.25) is 0 Å². The Labute approximate surface area is 172 Å². The molecule has 0 aromatic heterocycles. The van der Waals surface area contributed by atoms with E-state index in [-0.39, 0.29) is 11.9 Å². The largest absolute Gasteiger partial charge is 0.496 e. The lowest BCUT2D eigenvalue weighted by molar-refractivity contribution is -0.128. The third-order valence-electron chi connectivity index (χ3n) is 5.23. The second kappa shape index (κ2) is 9.46. The van der Waals surface area contributed by atoms with Crippen LogP contribution < -0.4 is 14.8 Å². The molecule has 2 atom stereocenters. The number of ether oxygens (including phenoxy) is 2. The lowest BCUT2D eigenvalue weighted by Gasteiger charge is -2.23. The fourth-order valence-electron chi connectivity index (χ4n) is 3.58. The number of methoxy groups -OCH3 is 1. The summed E-state index contributed by atoms with van der Waals surface area (Å²) < 4.78 is 11.5. The van der Waals surface area contributed by atoms with E-state index >= 15 is 0 Å². The van der Waals surface area contributed by atoms with Crippen LogP contribution in [0.1, 0.15) is 43.9 Å². The smallest absolute Gasteiger partial charge is 0.261 e. The van der Waals surface area contributed by atoms with Crippen LogP contribution in [0.4, 0.5) is 0 Å². The van der Waals surface area contributed by atoms with Crippen molar-refractivity contribution in [2.75, 3.05) is 7.11 Å². The van der Waals surface area contributed by atoms with E-state index in [0.717, 1.165) is 39.8 Å². The zero-order valence-electron chi connectivity index (χ0n) is 17.6. The Hall–Kier alpha value is -3.01. The highest BCUT2D eigenvalue weighted by atomic mass is 16.5. The zero-order valence-corrected chi connectivity index (χ0v) is 17.6. The highest BCUT2D eigenvalue weighted by Crippen LogP contribution is 2.27. The molecule has 29 heavy (non-hydrogen) atoms. The number of fused-ring (bicyclic) bond motifs is 1. The average molecular weight is 392 g/mol. The summed E-state index contributed by atoms with van der Waals surface area (Å²) in [6.07, 6.45) is 0.837. The van der Waals surface area contributed by atoms with Gasteiger partial charge in [0.2, 0.25) is 0 Å². The van der Waals surface area contributed by atoms with Crippen LogP contribution in [-0.2, 0) is 4.79 Å². The summed E-state index contributed by atoms with van der Waals surface area (Å²) in [6.45, 7) is 6.04.